The van der Waals surface area contributed by atoms with Crippen LogP contribution < -0.4 is 0 Å². The van der Waals surface area contributed by atoms with E-state index in [9.17, 15) is 0 Å². The quantitative estimate of drug-likeness (QED) is 0.693. The van der Waals surface area contributed by atoms with Crippen molar-refractivity contribution < 1.29 is 4.74 Å². The lowest BCUT2D eigenvalue weighted by Gasteiger charge is -2.48. The molecule has 0 spiro atoms. The zero-order valence-corrected chi connectivity index (χ0v) is 13.4. The molecule has 3 atom stereocenters. The van der Waals surface area contributed by atoms with Crippen molar-refractivity contribution in [2.45, 2.75) is 41.0 Å². The van der Waals surface area contributed by atoms with Crippen LogP contribution in [0.3, 0.4) is 0 Å². The Morgan fingerprint density at radius 1 is 1.15 bits per heavy atom. The third-order valence-electron chi connectivity index (χ3n) is 6.29. The first-order chi connectivity index (χ1) is 9.34. The van der Waals surface area contributed by atoms with Crippen molar-refractivity contribution in [3.63, 3.8) is 0 Å². The molecule has 108 valence electrons. The van der Waals surface area contributed by atoms with Crippen LogP contribution >= 0.6 is 0 Å². The van der Waals surface area contributed by atoms with Crippen molar-refractivity contribution in [1.29, 1.82) is 0 Å². The minimum absolute atomic E-state index is 0.308. The van der Waals surface area contributed by atoms with Gasteiger partial charge in [0, 0.05) is 11.3 Å². The molecule has 1 aliphatic carbocycles. The molecule has 2 fully saturated rings. The van der Waals surface area contributed by atoms with Crippen LogP contribution in [0.1, 0.15) is 45.2 Å². The van der Waals surface area contributed by atoms with Crippen LogP contribution in [0.5, 0.6) is 0 Å². The molecule has 1 saturated heterocycles. The van der Waals surface area contributed by atoms with E-state index < -0.39 is 0 Å². The maximum atomic E-state index is 6.17. The van der Waals surface area contributed by atoms with Gasteiger partial charge in [0.1, 0.15) is 5.76 Å². The fourth-order valence-electron chi connectivity index (χ4n) is 4.04. The normalized spacial score (nSPS) is 37.0. The predicted octanol–water partition coefficient (Wildman–Crippen LogP) is 5.05. The molecule has 1 aliphatic heterocycles. The summed E-state index contributed by atoms with van der Waals surface area (Å²) < 4.78 is 6.17. The summed E-state index contributed by atoms with van der Waals surface area (Å²) in [6.07, 6.45) is 3.50. The van der Waals surface area contributed by atoms with Crippen molar-refractivity contribution in [2.75, 3.05) is 6.61 Å². The van der Waals surface area contributed by atoms with Crippen LogP contribution in [0.25, 0.3) is 6.08 Å². The number of aryl methyl sites for hydroxylation is 1. The largest absolute Gasteiger partial charge is 0.497 e. The molecule has 1 heteroatoms. The van der Waals surface area contributed by atoms with Crippen LogP contribution in [-0.2, 0) is 4.74 Å². The van der Waals surface area contributed by atoms with Gasteiger partial charge in [-0.3, -0.25) is 0 Å². The second-order valence-corrected chi connectivity index (χ2v) is 7.57. The van der Waals surface area contributed by atoms with E-state index in [1.54, 1.807) is 0 Å². The highest BCUT2D eigenvalue weighted by molar-refractivity contribution is 5.53. The second-order valence-electron chi connectivity index (χ2n) is 7.57. The molecule has 1 heterocycles. The Bertz CT molecular complexity index is 537. The second kappa shape index (κ2) is 4.38. The van der Waals surface area contributed by atoms with E-state index >= 15 is 0 Å². The molecule has 1 nitrogen and oxygen atoms in total. The minimum Gasteiger partial charge on any atom is -0.497 e. The van der Waals surface area contributed by atoms with Crippen molar-refractivity contribution >= 4 is 6.08 Å². The van der Waals surface area contributed by atoms with Gasteiger partial charge >= 0.3 is 0 Å². The van der Waals surface area contributed by atoms with Gasteiger partial charge < -0.3 is 4.74 Å². The Hall–Kier alpha value is -1.24. The molecule has 2 bridgehead atoms. The van der Waals surface area contributed by atoms with E-state index in [4.69, 9.17) is 4.74 Å². The number of benzene rings is 1. The fraction of sp³-hybridized carbons (Fsp3) is 0.579. The van der Waals surface area contributed by atoms with Crippen molar-refractivity contribution in [1.82, 2.24) is 0 Å². The summed E-state index contributed by atoms with van der Waals surface area (Å²) in [4.78, 5) is 0. The Morgan fingerprint density at radius 3 is 2.45 bits per heavy atom. The van der Waals surface area contributed by atoms with E-state index in [0.717, 1.165) is 12.5 Å². The van der Waals surface area contributed by atoms with Crippen molar-refractivity contribution in [2.24, 2.45) is 22.7 Å². The first kappa shape index (κ1) is 13.7. The SMILES string of the molecule is Cc1ccc(/C=C2\OCC3(C)C(C)CC2C3(C)C)cc1. The number of ether oxygens (including phenoxy) is 1. The average Bonchev–Trinajstić information content (AvgIpc) is 2.50. The lowest BCUT2D eigenvalue weighted by molar-refractivity contribution is -0.0584. The van der Waals surface area contributed by atoms with Gasteiger partial charge in [-0.2, -0.15) is 0 Å². The lowest BCUT2D eigenvalue weighted by atomic mass is 9.62. The Kier molecular flexibility index (Phi) is 3.00. The summed E-state index contributed by atoms with van der Waals surface area (Å²) in [6.45, 7) is 12.6. The van der Waals surface area contributed by atoms with Gasteiger partial charge in [-0.05, 0) is 36.3 Å². The number of rotatable bonds is 1. The molecule has 3 rings (SSSR count). The fourth-order valence-corrected chi connectivity index (χ4v) is 4.04. The summed E-state index contributed by atoms with van der Waals surface area (Å²) in [7, 11) is 0. The van der Waals surface area contributed by atoms with E-state index in [1.165, 1.54) is 23.3 Å². The molecule has 1 aromatic carbocycles. The van der Waals surface area contributed by atoms with Crippen molar-refractivity contribution in [3.8, 4) is 0 Å². The number of allylic oxidation sites excluding steroid dienone is 1. The highest BCUT2D eigenvalue weighted by Gasteiger charge is 2.60. The zero-order valence-electron chi connectivity index (χ0n) is 13.4. The molecule has 0 amide bonds. The third-order valence-corrected chi connectivity index (χ3v) is 6.29. The van der Waals surface area contributed by atoms with Crippen LogP contribution in [0, 0.1) is 29.6 Å². The first-order valence-corrected chi connectivity index (χ1v) is 7.75. The molecule has 20 heavy (non-hydrogen) atoms. The molecule has 0 radical (unpaired) electrons. The van der Waals surface area contributed by atoms with Gasteiger partial charge in [0.15, 0.2) is 0 Å². The maximum absolute atomic E-state index is 6.17. The highest BCUT2D eigenvalue weighted by atomic mass is 16.5. The molecular weight excluding hydrogens is 244 g/mol. The number of hydrogen-bond donors (Lipinski definition) is 0. The minimum atomic E-state index is 0.308. The number of hydrogen-bond acceptors (Lipinski definition) is 1. The van der Waals surface area contributed by atoms with Gasteiger partial charge in [0.2, 0.25) is 0 Å². The Labute approximate surface area is 123 Å². The number of fused-ring (bicyclic) bond motifs is 2. The van der Waals surface area contributed by atoms with Gasteiger partial charge in [-0.15, -0.1) is 0 Å². The zero-order chi connectivity index (χ0) is 14.5. The maximum Gasteiger partial charge on any atom is 0.100 e. The molecule has 2 aliphatic rings. The van der Waals surface area contributed by atoms with E-state index in [2.05, 4.69) is 65.0 Å². The lowest BCUT2D eigenvalue weighted by Crippen LogP contribution is -2.44. The van der Waals surface area contributed by atoms with Gasteiger partial charge in [-0.25, -0.2) is 0 Å². The smallest absolute Gasteiger partial charge is 0.100 e. The first-order valence-electron chi connectivity index (χ1n) is 7.75. The van der Waals surface area contributed by atoms with Crippen LogP contribution in [0.15, 0.2) is 30.0 Å². The molecule has 1 saturated carbocycles. The van der Waals surface area contributed by atoms with Crippen LogP contribution in [-0.4, -0.2) is 6.61 Å². The highest BCUT2D eigenvalue weighted by Crippen LogP contribution is 2.64. The summed E-state index contributed by atoms with van der Waals surface area (Å²) in [5.41, 5.74) is 3.19. The monoisotopic (exact) mass is 270 g/mol. The van der Waals surface area contributed by atoms with E-state index in [0.29, 0.717) is 16.7 Å². The van der Waals surface area contributed by atoms with Gasteiger partial charge in [0.05, 0.1) is 6.61 Å². The molecule has 0 aromatic heterocycles. The third kappa shape index (κ3) is 1.82. The summed E-state index contributed by atoms with van der Waals surface area (Å²) in [5, 5.41) is 0. The van der Waals surface area contributed by atoms with Crippen LogP contribution in [0.4, 0.5) is 0 Å². The van der Waals surface area contributed by atoms with Gasteiger partial charge in [-0.1, -0.05) is 57.5 Å². The molecule has 0 N–H and O–H groups in total. The molecular formula is C19H26O. The van der Waals surface area contributed by atoms with E-state index in [1.807, 2.05) is 0 Å². The Morgan fingerprint density at radius 2 is 1.80 bits per heavy atom. The predicted molar refractivity (Wildman–Crippen MR) is 84.3 cm³/mol. The summed E-state index contributed by atoms with van der Waals surface area (Å²) in [6, 6.07) is 8.71. The molecule has 1 aromatic rings. The topological polar surface area (TPSA) is 9.23 Å². The standard InChI is InChI=1S/C19H26O/c1-13-6-8-15(9-7-13)11-17-16-10-14(2)19(5,12-20-17)18(16,3)4/h6-9,11,14,16H,10,12H2,1-5H3/b17-11-. The average molecular weight is 270 g/mol. The summed E-state index contributed by atoms with van der Waals surface area (Å²) >= 11 is 0. The van der Waals surface area contributed by atoms with Crippen molar-refractivity contribution in [3.05, 3.63) is 41.2 Å². The summed E-state index contributed by atoms with van der Waals surface area (Å²) in [5.74, 6) is 2.48. The Balaban J connectivity index is 1.95. The molecule has 3 unspecified atom stereocenters. The van der Waals surface area contributed by atoms with E-state index in [-0.39, 0.29) is 0 Å². The van der Waals surface area contributed by atoms with Gasteiger partial charge in [0.25, 0.3) is 0 Å². The van der Waals surface area contributed by atoms with Crippen LogP contribution in [0.2, 0.25) is 0 Å².